The van der Waals surface area contributed by atoms with Crippen molar-refractivity contribution in [2.45, 2.75) is 5.16 Å². The summed E-state index contributed by atoms with van der Waals surface area (Å²) in [6.45, 7) is 0. The van der Waals surface area contributed by atoms with Crippen LogP contribution in [0.4, 0.5) is 11.4 Å². The summed E-state index contributed by atoms with van der Waals surface area (Å²) in [4.78, 5) is 21.2. The van der Waals surface area contributed by atoms with Crippen molar-refractivity contribution in [1.82, 2.24) is 9.55 Å². The smallest absolute Gasteiger partial charge is 0.187 e. The van der Waals surface area contributed by atoms with Gasteiger partial charge in [-0.1, -0.05) is 54.2 Å². The molecule has 1 aromatic heterocycles. The van der Waals surface area contributed by atoms with Crippen LogP contribution in [-0.2, 0) is 11.8 Å². The molecule has 150 valence electrons. The Balaban J connectivity index is 1.55. The van der Waals surface area contributed by atoms with E-state index >= 15 is 0 Å². The molecule has 6 nitrogen and oxygen atoms in total. The number of para-hydroxylation sites is 2. The summed E-state index contributed by atoms with van der Waals surface area (Å²) in [5.74, 6) is 0.533. The normalized spacial score (nSPS) is 12.7. The zero-order valence-electron chi connectivity index (χ0n) is 17.0. The van der Waals surface area contributed by atoms with E-state index < -0.39 is 0 Å². The van der Waals surface area contributed by atoms with Crippen LogP contribution in [0.1, 0.15) is 0 Å². The summed E-state index contributed by atoms with van der Waals surface area (Å²) in [5.41, 5.74) is 4.15. The number of thioether (sulfide) groups is 1. The molecule has 2 heterocycles. The van der Waals surface area contributed by atoms with E-state index in [0.717, 1.165) is 27.8 Å². The number of carbonyl (C=O) groups is 1. The molecule has 0 bridgehead atoms. The molecular weight excluding hydrogens is 394 g/mol. The maximum Gasteiger partial charge on any atom is 0.187 e. The number of benzene rings is 2. The van der Waals surface area contributed by atoms with E-state index in [1.807, 2.05) is 90.1 Å². The van der Waals surface area contributed by atoms with Gasteiger partial charge in [0.25, 0.3) is 0 Å². The molecule has 0 saturated carbocycles. The lowest BCUT2D eigenvalue weighted by Crippen LogP contribution is -2.26. The second-order valence-electron chi connectivity index (χ2n) is 6.98. The number of rotatable bonds is 5. The standard InChI is InChI=1S/C23H21N5OS/c1-26-18-11-7-8-12-19(18)27(2)22(26)17(13-24)21(29)15-30-23-25-14-20(28(23)3)16-9-5-4-6-10-16/h4-12,14H,15H2,1-3H3. The molecule has 30 heavy (non-hydrogen) atoms. The molecule has 0 aliphatic carbocycles. The molecule has 0 N–H and O–H groups in total. The number of anilines is 2. The van der Waals surface area contributed by atoms with Crippen LogP contribution >= 0.6 is 11.8 Å². The number of fused-ring (bicyclic) bond motifs is 1. The van der Waals surface area contributed by atoms with E-state index in [4.69, 9.17) is 0 Å². The SMILES string of the molecule is CN1C(=C(C#N)C(=O)CSc2ncc(-c3ccccc3)n2C)N(C)c2ccccc21. The van der Waals surface area contributed by atoms with Crippen LogP contribution in [0, 0.1) is 11.3 Å². The first-order valence-electron chi connectivity index (χ1n) is 9.47. The van der Waals surface area contributed by atoms with E-state index in [1.54, 1.807) is 6.20 Å². The molecule has 0 radical (unpaired) electrons. The minimum Gasteiger partial charge on any atom is -0.328 e. The first-order valence-corrected chi connectivity index (χ1v) is 10.5. The Morgan fingerprint density at radius 1 is 1.00 bits per heavy atom. The number of aromatic nitrogens is 2. The van der Waals surface area contributed by atoms with Crippen LogP contribution in [0.25, 0.3) is 11.3 Å². The molecule has 0 amide bonds. The van der Waals surface area contributed by atoms with Gasteiger partial charge in [0.2, 0.25) is 0 Å². The monoisotopic (exact) mass is 415 g/mol. The first kappa shape index (κ1) is 19.8. The lowest BCUT2D eigenvalue weighted by atomic mass is 10.2. The lowest BCUT2D eigenvalue weighted by Gasteiger charge is -2.19. The molecular formula is C23H21N5OS. The molecule has 0 spiro atoms. The third-order valence-corrected chi connectivity index (χ3v) is 6.25. The molecule has 2 aromatic carbocycles. The van der Waals surface area contributed by atoms with Crippen LogP contribution in [0.15, 0.2) is 77.3 Å². The van der Waals surface area contributed by atoms with Crippen molar-refractivity contribution in [2.75, 3.05) is 29.6 Å². The number of hydrogen-bond donors (Lipinski definition) is 0. The van der Waals surface area contributed by atoms with Gasteiger partial charge in [0, 0.05) is 21.1 Å². The molecule has 7 heteroatoms. The third kappa shape index (κ3) is 3.36. The average Bonchev–Trinajstić information content (AvgIpc) is 3.26. The topological polar surface area (TPSA) is 65.2 Å². The molecule has 0 fully saturated rings. The number of nitriles is 1. The second-order valence-corrected chi connectivity index (χ2v) is 7.92. The Morgan fingerprint density at radius 2 is 1.60 bits per heavy atom. The van der Waals surface area contributed by atoms with E-state index in [1.165, 1.54) is 11.8 Å². The minimum absolute atomic E-state index is 0.142. The third-order valence-electron chi connectivity index (χ3n) is 5.20. The summed E-state index contributed by atoms with van der Waals surface area (Å²) < 4.78 is 1.97. The maximum absolute atomic E-state index is 13.0. The van der Waals surface area contributed by atoms with Crippen molar-refractivity contribution in [3.05, 3.63) is 72.2 Å². The van der Waals surface area contributed by atoms with Gasteiger partial charge in [-0.15, -0.1) is 0 Å². The summed E-state index contributed by atoms with van der Waals surface area (Å²) in [5, 5.41) is 10.5. The van der Waals surface area contributed by atoms with E-state index in [-0.39, 0.29) is 17.1 Å². The van der Waals surface area contributed by atoms with Gasteiger partial charge in [-0.05, 0) is 17.7 Å². The molecule has 4 rings (SSSR count). The highest BCUT2D eigenvalue weighted by molar-refractivity contribution is 7.99. The molecule has 0 unspecified atom stereocenters. The number of nitrogens with zero attached hydrogens (tertiary/aromatic N) is 5. The van der Waals surface area contributed by atoms with E-state index in [0.29, 0.717) is 5.82 Å². The zero-order valence-corrected chi connectivity index (χ0v) is 17.8. The first-order chi connectivity index (χ1) is 14.5. The fraction of sp³-hybridized carbons (Fsp3) is 0.174. The molecule has 0 atom stereocenters. The van der Waals surface area contributed by atoms with Crippen molar-refractivity contribution in [3.8, 4) is 17.3 Å². The van der Waals surface area contributed by atoms with Crippen LogP contribution in [0.5, 0.6) is 0 Å². The predicted molar refractivity (Wildman–Crippen MR) is 120 cm³/mol. The Kier molecular flexibility index (Phi) is 5.34. The van der Waals surface area contributed by atoms with Gasteiger partial charge in [0.05, 0.1) is 29.0 Å². The Morgan fingerprint density at radius 3 is 2.20 bits per heavy atom. The van der Waals surface area contributed by atoms with Crippen LogP contribution < -0.4 is 9.80 Å². The fourth-order valence-corrected chi connectivity index (χ4v) is 4.49. The van der Waals surface area contributed by atoms with Crippen molar-refractivity contribution in [3.63, 3.8) is 0 Å². The fourth-order valence-electron chi connectivity index (χ4n) is 3.66. The second kappa shape index (κ2) is 8.09. The molecule has 3 aromatic rings. The van der Waals surface area contributed by atoms with Gasteiger partial charge in [-0.3, -0.25) is 4.79 Å². The predicted octanol–water partition coefficient (Wildman–Crippen LogP) is 4.07. The lowest BCUT2D eigenvalue weighted by molar-refractivity contribution is -0.112. The molecule has 1 aliphatic rings. The number of Topliss-reactive ketones (excluding diaryl/α,β-unsaturated/α-hetero) is 1. The number of imidazole rings is 1. The Labute approximate surface area is 180 Å². The Hall–Kier alpha value is -3.50. The van der Waals surface area contributed by atoms with Crippen molar-refractivity contribution in [1.29, 1.82) is 5.26 Å². The van der Waals surface area contributed by atoms with Gasteiger partial charge >= 0.3 is 0 Å². The summed E-state index contributed by atoms with van der Waals surface area (Å²) >= 11 is 1.34. The summed E-state index contributed by atoms with van der Waals surface area (Å²) in [7, 11) is 5.68. The van der Waals surface area contributed by atoms with E-state index in [2.05, 4.69) is 11.1 Å². The number of hydrogen-bond acceptors (Lipinski definition) is 6. The van der Waals surface area contributed by atoms with Crippen LogP contribution in [0.3, 0.4) is 0 Å². The van der Waals surface area contributed by atoms with Gasteiger partial charge in [0.1, 0.15) is 17.5 Å². The highest BCUT2D eigenvalue weighted by atomic mass is 32.2. The number of carbonyl (C=O) groups excluding carboxylic acids is 1. The van der Waals surface area contributed by atoms with Crippen LogP contribution in [-0.4, -0.2) is 35.2 Å². The van der Waals surface area contributed by atoms with Gasteiger partial charge in [-0.2, -0.15) is 5.26 Å². The molecule has 1 aliphatic heterocycles. The summed E-state index contributed by atoms with van der Waals surface area (Å²) in [6, 6.07) is 20.0. The highest BCUT2D eigenvalue weighted by Crippen LogP contribution is 2.40. The zero-order chi connectivity index (χ0) is 21.3. The van der Waals surface area contributed by atoms with Crippen molar-refractivity contribution >= 4 is 28.9 Å². The van der Waals surface area contributed by atoms with Gasteiger partial charge in [0.15, 0.2) is 10.9 Å². The number of allylic oxidation sites excluding steroid dienone is 1. The largest absolute Gasteiger partial charge is 0.328 e. The van der Waals surface area contributed by atoms with Crippen LogP contribution in [0.2, 0.25) is 0 Å². The van der Waals surface area contributed by atoms with Gasteiger partial charge < -0.3 is 14.4 Å². The minimum atomic E-state index is -0.215. The number of ketones is 1. The van der Waals surface area contributed by atoms with Crippen molar-refractivity contribution < 1.29 is 4.79 Å². The maximum atomic E-state index is 13.0. The Bertz CT molecular complexity index is 1140. The molecule has 0 saturated heterocycles. The summed E-state index contributed by atoms with van der Waals surface area (Å²) in [6.07, 6.45) is 1.81. The van der Waals surface area contributed by atoms with Crippen molar-refractivity contribution in [2.24, 2.45) is 7.05 Å². The highest BCUT2D eigenvalue weighted by Gasteiger charge is 2.31. The van der Waals surface area contributed by atoms with Gasteiger partial charge in [-0.25, -0.2) is 4.98 Å². The van der Waals surface area contributed by atoms with E-state index in [9.17, 15) is 10.1 Å². The average molecular weight is 416 g/mol. The quantitative estimate of drug-likeness (QED) is 0.356.